The highest BCUT2D eigenvalue weighted by Gasteiger charge is 2.16. The molecule has 3 nitrogen and oxygen atoms in total. The summed E-state index contributed by atoms with van der Waals surface area (Å²) < 4.78 is 1.51. The SMILES string of the molecule is CC1=NC(C)N(S)C(Cl)=N1. The van der Waals surface area contributed by atoms with Crippen LogP contribution in [0.4, 0.5) is 0 Å². The normalized spacial score (nSPS) is 26.0. The van der Waals surface area contributed by atoms with Crippen LogP contribution in [0.15, 0.2) is 9.98 Å². The second-order valence-electron chi connectivity index (χ2n) is 2.03. The van der Waals surface area contributed by atoms with Gasteiger partial charge < -0.3 is 0 Å². The summed E-state index contributed by atoms with van der Waals surface area (Å²) in [6.07, 6.45) is -0.0201. The molecule has 0 aromatic carbocycles. The summed E-state index contributed by atoms with van der Waals surface area (Å²) in [4.78, 5) is 8.00. The molecule has 1 unspecified atom stereocenters. The molecule has 0 aromatic rings. The van der Waals surface area contributed by atoms with Crippen LogP contribution in [0.1, 0.15) is 13.8 Å². The van der Waals surface area contributed by atoms with Gasteiger partial charge >= 0.3 is 0 Å². The van der Waals surface area contributed by atoms with Gasteiger partial charge in [-0.25, -0.2) is 9.98 Å². The third-order valence-electron chi connectivity index (χ3n) is 1.17. The molecule has 0 saturated carbocycles. The van der Waals surface area contributed by atoms with E-state index in [4.69, 9.17) is 11.6 Å². The van der Waals surface area contributed by atoms with Gasteiger partial charge in [0.1, 0.15) is 12.0 Å². The molecule has 0 radical (unpaired) electrons. The van der Waals surface area contributed by atoms with Gasteiger partial charge in [0, 0.05) is 0 Å². The van der Waals surface area contributed by atoms with Crippen LogP contribution in [0.25, 0.3) is 0 Å². The Balaban J connectivity index is 2.85. The molecule has 0 bridgehead atoms. The zero-order chi connectivity index (χ0) is 7.72. The quantitative estimate of drug-likeness (QED) is 0.441. The third-order valence-corrected chi connectivity index (χ3v) is 2.08. The van der Waals surface area contributed by atoms with Gasteiger partial charge in [0.25, 0.3) is 0 Å². The van der Waals surface area contributed by atoms with Gasteiger partial charge in [0.05, 0.1) is 0 Å². The number of rotatable bonds is 0. The van der Waals surface area contributed by atoms with Crippen LogP contribution >= 0.6 is 24.4 Å². The molecule has 10 heavy (non-hydrogen) atoms. The summed E-state index contributed by atoms with van der Waals surface area (Å²) in [6, 6.07) is 0. The topological polar surface area (TPSA) is 28.0 Å². The van der Waals surface area contributed by atoms with Gasteiger partial charge in [-0.2, -0.15) is 0 Å². The minimum atomic E-state index is -0.0201. The predicted molar refractivity (Wildman–Crippen MR) is 46.7 cm³/mol. The van der Waals surface area contributed by atoms with E-state index in [1.807, 2.05) is 6.92 Å². The van der Waals surface area contributed by atoms with Crippen LogP contribution in [-0.2, 0) is 0 Å². The molecule has 1 aliphatic rings. The molecule has 0 spiro atoms. The highest BCUT2D eigenvalue weighted by molar-refractivity contribution is 7.78. The zero-order valence-electron chi connectivity index (χ0n) is 5.74. The molecule has 1 rings (SSSR count). The van der Waals surface area contributed by atoms with E-state index in [1.54, 1.807) is 6.92 Å². The van der Waals surface area contributed by atoms with E-state index in [0.717, 1.165) is 0 Å². The van der Waals surface area contributed by atoms with Gasteiger partial charge in [-0.1, -0.05) is 12.8 Å². The fourth-order valence-electron chi connectivity index (χ4n) is 0.693. The first-order valence-corrected chi connectivity index (χ1v) is 3.66. The van der Waals surface area contributed by atoms with Crippen LogP contribution in [0.3, 0.4) is 0 Å². The van der Waals surface area contributed by atoms with Crippen molar-refractivity contribution in [3.05, 3.63) is 0 Å². The first-order valence-electron chi connectivity index (χ1n) is 2.88. The summed E-state index contributed by atoms with van der Waals surface area (Å²) >= 11 is 9.73. The van der Waals surface area contributed by atoms with Crippen molar-refractivity contribution in [1.82, 2.24) is 4.31 Å². The molecule has 0 saturated heterocycles. The van der Waals surface area contributed by atoms with E-state index >= 15 is 0 Å². The van der Waals surface area contributed by atoms with Crippen LogP contribution in [0.2, 0.25) is 0 Å². The molecule has 1 heterocycles. The summed E-state index contributed by atoms with van der Waals surface area (Å²) in [6.45, 7) is 3.70. The van der Waals surface area contributed by atoms with Crippen LogP contribution < -0.4 is 0 Å². The lowest BCUT2D eigenvalue weighted by Crippen LogP contribution is -2.30. The van der Waals surface area contributed by atoms with E-state index in [1.165, 1.54) is 4.31 Å². The molecule has 1 atom stereocenters. The Morgan fingerprint density at radius 3 is 2.80 bits per heavy atom. The van der Waals surface area contributed by atoms with Crippen LogP contribution in [-0.4, -0.2) is 21.6 Å². The lowest BCUT2D eigenvalue weighted by atomic mass is 10.5. The molecule has 0 amide bonds. The fourth-order valence-corrected chi connectivity index (χ4v) is 1.05. The average Bonchev–Trinajstić information content (AvgIpc) is 1.82. The van der Waals surface area contributed by atoms with Crippen molar-refractivity contribution in [2.45, 2.75) is 20.0 Å². The Hall–Kier alpha value is -0.220. The Labute approximate surface area is 70.3 Å². The molecule has 0 N–H and O–H groups in total. The third kappa shape index (κ3) is 1.44. The van der Waals surface area contributed by atoms with Crippen molar-refractivity contribution >= 4 is 35.5 Å². The lowest BCUT2D eigenvalue weighted by molar-refractivity contribution is 0.534. The van der Waals surface area contributed by atoms with Crippen molar-refractivity contribution in [3.63, 3.8) is 0 Å². The van der Waals surface area contributed by atoms with Gasteiger partial charge in [-0.05, 0) is 25.4 Å². The molecule has 0 aliphatic carbocycles. The Morgan fingerprint density at radius 2 is 2.30 bits per heavy atom. The van der Waals surface area contributed by atoms with Crippen LogP contribution in [0, 0.1) is 0 Å². The van der Waals surface area contributed by atoms with Gasteiger partial charge in [-0.3, -0.25) is 4.31 Å². The van der Waals surface area contributed by atoms with E-state index < -0.39 is 0 Å². The second kappa shape index (κ2) is 2.80. The standard InChI is InChI=1S/C5H8ClN3S/c1-3-7-4(2)9(10)5(6)8-3/h4,10H,1-2H3. The molecule has 5 heteroatoms. The summed E-state index contributed by atoms with van der Waals surface area (Å²) in [7, 11) is 0. The van der Waals surface area contributed by atoms with E-state index in [2.05, 4.69) is 22.8 Å². The maximum Gasteiger partial charge on any atom is 0.212 e. The number of hydrogen-bond donors (Lipinski definition) is 1. The predicted octanol–water partition coefficient (Wildman–Crippen LogP) is 1.51. The average molecular weight is 178 g/mol. The van der Waals surface area contributed by atoms with Crippen molar-refractivity contribution in [1.29, 1.82) is 0 Å². The molecular formula is C5H8ClN3S. The first kappa shape index (κ1) is 7.88. The summed E-state index contributed by atoms with van der Waals surface area (Å²) in [5.74, 6) is 0.697. The lowest BCUT2D eigenvalue weighted by Gasteiger charge is -2.23. The molecule has 56 valence electrons. The van der Waals surface area contributed by atoms with Gasteiger partial charge in [-0.15, -0.1) is 0 Å². The smallest absolute Gasteiger partial charge is 0.212 e. The summed E-state index contributed by atoms with van der Waals surface area (Å²) in [5.41, 5.74) is 0. The van der Waals surface area contributed by atoms with Crippen molar-refractivity contribution in [2.75, 3.05) is 0 Å². The second-order valence-corrected chi connectivity index (χ2v) is 2.80. The van der Waals surface area contributed by atoms with Gasteiger partial charge in [0.2, 0.25) is 5.29 Å². The molecule has 1 aliphatic heterocycles. The number of amidine groups is 2. The molecule has 0 aromatic heterocycles. The van der Waals surface area contributed by atoms with E-state index in [-0.39, 0.29) is 6.17 Å². The van der Waals surface area contributed by atoms with E-state index in [9.17, 15) is 0 Å². The zero-order valence-corrected chi connectivity index (χ0v) is 7.39. The maximum absolute atomic E-state index is 5.68. The highest BCUT2D eigenvalue weighted by atomic mass is 35.5. The Kier molecular flexibility index (Phi) is 2.21. The number of aliphatic imine (C=N–C) groups is 2. The van der Waals surface area contributed by atoms with Crippen molar-refractivity contribution in [3.8, 4) is 0 Å². The van der Waals surface area contributed by atoms with Crippen LogP contribution in [0.5, 0.6) is 0 Å². The molecular weight excluding hydrogens is 170 g/mol. The van der Waals surface area contributed by atoms with Gasteiger partial charge in [0.15, 0.2) is 0 Å². The van der Waals surface area contributed by atoms with Crippen molar-refractivity contribution in [2.24, 2.45) is 9.98 Å². The number of halogens is 1. The monoisotopic (exact) mass is 177 g/mol. The minimum Gasteiger partial charge on any atom is -0.270 e. The number of hydrogen-bond acceptors (Lipinski definition) is 4. The fraction of sp³-hybridized carbons (Fsp3) is 0.600. The minimum absolute atomic E-state index is 0.0201. The molecule has 0 fully saturated rings. The van der Waals surface area contributed by atoms with E-state index in [0.29, 0.717) is 11.1 Å². The number of thiol groups is 1. The Morgan fingerprint density at radius 1 is 1.70 bits per heavy atom. The number of nitrogens with zero attached hydrogens (tertiary/aromatic N) is 3. The highest BCUT2D eigenvalue weighted by Crippen LogP contribution is 2.13. The van der Waals surface area contributed by atoms with Crippen molar-refractivity contribution < 1.29 is 0 Å². The maximum atomic E-state index is 5.68. The first-order chi connectivity index (χ1) is 4.61. The summed E-state index contributed by atoms with van der Waals surface area (Å²) in [5, 5.41) is 0.378. The Bertz CT molecular complexity index is 201. The largest absolute Gasteiger partial charge is 0.270 e.